The number of rotatable bonds is 6. The first-order valence-corrected chi connectivity index (χ1v) is 7.39. The van der Waals surface area contributed by atoms with Gasteiger partial charge in [0.2, 0.25) is 0 Å². The van der Waals surface area contributed by atoms with Gasteiger partial charge < -0.3 is 10.1 Å². The summed E-state index contributed by atoms with van der Waals surface area (Å²) in [6.45, 7) is 18.9. The summed E-state index contributed by atoms with van der Waals surface area (Å²) in [7, 11) is 0. The smallest absolute Gasteiger partial charge is 0.0757 e. The van der Waals surface area contributed by atoms with Gasteiger partial charge in [-0.1, -0.05) is 20.8 Å². The van der Waals surface area contributed by atoms with Crippen LogP contribution in [0, 0.1) is 11.8 Å². The van der Waals surface area contributed by atoms with Crippen molar-refractivity contribution in [3.05, 3.63) is 0 Å². The van der Waals surface area contributed by atoms with Crippen LogP contribution < -0.4 is 5.32 Å². The fraction of sp³-hybridized carbons (Fsp3) is 1.00. The van der Waals surface area contributed by atoms with E-state index in [1.54, 1.807) is 0 Å². The first kappa shape index (κ1) is 15.9. The summed E-state index contributed by atoms with van der Waals surface area (Å²) in [5.41, 5.74) is 0.00273. The average molecular weight is 256 g/mol. The van der Waals surface area contributed by atoms with Crippen LogP contribution in [-0.4, -0.2) is 49.3 Å². The SMILES string of the molecule is CC(C)CNCC(C)CN1CC(C)OC(C)(C)C1. The highest BCUT2D eigenvalue weighted by atomic mass is 16.5. The average Bonchev–Trinajstić information content (AvgIpc) is 2.12. The summed E-state index contributed by atoms with van der Waals surface area (Å²) in [5, 5.41) is 3.55. The van der Waals surface area contributed by atoms with E-state index in [2.05, 4.69) is 51.8 Å². The molecule has 1 rings (SSSR count). The molecular formula is C15H32N2O. The highest BCUT2D eigenvalue weighted by Crippen LogP contribution is 2.21. The van der Waals surface area contributed by atoms with Crippen molar-refractivity contribution < 1.29 is 4.74 Å². The number of nitrogens with zero attached hydrogens (tertiary/aromatic N) is 1. The summed E-state index contributed by atoms with van der Waals surface area (Å²) in [5.74, 6) is 1.43. The topological polar surface area (TPSA) is 24.5 Å². The van der Waals surface area contributed by atoms with Gasteiger partial charge in [-0.2, -0.15) is 0 Å². The van der Waals surface area contributed by atoms with Crippen molar-refractivity contribution >= 4 is 0 Å². The van der Waals surface area contributed by atoms with Gasteiger partial charge >= 0.3 is 0 Å². The lowest BCUT2D eigenvalue weighted by molar-refractivity contribution is -0.130. The predicted octanol–water partition coefficient (Wildman–Crippen LogP) is 2.37. The van der Waals surface area contributed by atoms with Crippen molar-refractivity contribution in [1.82, 2.24) is 10.2 Å². The highest BCUT2D eigenvalue weighted by Gasteiger charge is 2.31. The third-order valence-corrected chi connectivity index (χ3v) is 3.26. The Kier molecular flexibility index (Phi) is 6.09. The van der Waals surface area contributed by atoms with Gasteiger partial charge in [0.25, 0.3) is 0 Å². The molecule has 1 N–H and O–H groups in total. The number of ether oxygens (including phenoxy) is 1. The van der Waals surface area contributed by atoms with Crippen molar-refractivity contribution in [2.24, 2.45) is 11.8 Å². The maximum Gasteiger partial charge on any atom is 0.0757 e. The minimum Gasteiger partial charge on any atom is -0.370 e. The Morgan fingerprint density at radius 1 is 1.28 bits per heavy atom. The van der Waals surface area contributed by atoms with Crippen molar-refractivity contribution in [3.8, 4) is 0 Å². The van der Waals surface area contributed by atoms with Crippen LogP contribution in [0.4, 0.5) is 0 Å². The second kappa shape index (κ2) is 6.88. The molecule has 2 atom stereocenters. The molecule has 0 aromatic heterocycles. The zero-order valence-corrected chi connectivity index (χ0v) is 13.1. The molecule has 1 aliphatic heterocycles. The maximum atomic E-state index is 5.94. The molecule has 2 unspecified atom stereocenters. The Morgan fingerprint density at radius 3 is 2.50 bits per heavy atom. The molecule has 0 radical (unpaired) electrons. The monoisotopic (exact) mass is 256 g/mol. The van der Waals surface area contributed by atoms with Gasteiger partial charge in [0.05, 0.1) is 11.7 Å². The Balaban J connectivity index is 2.28. The van der Waals surface area contributed by atoms with E-state index in [1.165, 1.54) is 6.54 Å². The molecule has 0 aliphatic carbocycles. The van der Waals surface area contributed by atoms with Gasteiger partial charge in [-0.25, -0.2) is 0 Å². The van der Waals surface area contributed by atoms with E-state index in [9.17, 15) is 0 Å². The van der Waals surface area contributed by atoms with Crippen LogP contribution in [0.2, 0.25) is 0 Å². The zero-order valence-electron chi connectivity index (χ0n) is 13.1. The summed E-state index contributed by atoms with van der Waals surface area (Å²) in [4.78, 5) is 2.55. The lowest BCUT2D eigenvalue weighted by Crippen LogP contribution is -2.53. The molecule has 0 amide bonds. The molecule has 0 spiro atoms. The van der Waals surface area contributed by atoms with Crippen LogP contribution in [0.1, 0.15) is 41.5 Å². The van der Waals surface area contributed by atoms with Gasteiger partial charge in [-0.15, -0.1) is 0 Å². The first-order valence-electron chi connectivity index (χ1n) is 7.39. The van der Waals surface area contributed by atoms with Crippen LogP contribution in [0.5, 0.6) is 0 Å². The summed E-state index contributed by atoms with van der Waals surface area (Å²) >= 11 is 0. The van der Waals surface area contributed by atoms with Crippen LogP contribution in [-0.2, 0) is 4.74 Å². The minimum atomic E-state index is 0.00273. The lowest BCUT2D eigenvalue weighted by Gasteiger charge is -2.42. The zero-order chi connectivity index (χ0) is 13.8. The molecule has 0 bridgehead atoms. The Labute approximate surface area is 113 Å². The molecule has 1 heterocycles. The quantitative estimate of drug-likeness (QED) is 0.789. The molecule has 108 valence electrons. The maximum absolute atomic E-state index is 5.94. The minimum absolute atomic E-state index is 0.00273. The van der Waals surface area contributed by atoms with Crippen LogP contribution in [0.3, 0.4) is 0 Å². The van der Waals surface area contributed by atoms with E-state index in [4.69, 9.17) is 4.74 Å². The van der Waals surface area contributed by atoms with Gasteiger partial charge in [-0.05, 0) is 45.7 Å². The number of hydrogen-bond acceptors (Lipinski definition) is 3. The standard InChI is InChI=1S/C15H32N2O/c1-12(2)7-16-8-13(3)9-17-10-14(4)18-15(5,6)11-17/h12-14,16H,7-11H2,1-6H3. The molecular weight excluding hydrogens is 224 g/mol. The van der Waals surface area contributed by atoms with Crippen LogP contribution in [0.15, 0.2) is 0 Å². The van der Waals surface area contributed by atoms with E-state index in [0.717, 1.165) is 32.1 Å². The predicted molar refractivity (Wildman–Crippen MR) is 77.9 cm³/mol. The van der Waals surface area contributed by atoms with E-state index < -0.39 is 0 Å². The largest absolute Gasteiger partial charge is 0.370 e. The van der Waals surface area contributed by atoms with E-state index in [0.29, 0.717) is 12.0 Å². The van der Waals surface area contributed by atoms with Crippen LogP contribution in [0.25, 0.3) is 0 Å². The summed E-state index contributed by atoms with van der Waals surface area (Å²) in [6, 6.07) is 0. The van der Waals surface area contributed by atoms with Gasteiger partial charge in [0.15, 0.2) is 0 Å². The second-order valence-electron chi connectivity index (χ2n) is 7.04. The van der Waals surface area contributed by atoms with Crippen molar-refractivity contribution in [2.45, 2.75) is 53.2 Å². The van der Waals surface area contributed by atoms with Gasteiger partial charge in [0.1, 0.15) is 0 Å². The molecule has 3 nitrogen and oxygen atoms in total. The molecule has 1 saturated heterocycles. The molecule has 18 heavy (non-hydrogen) atoms. The first-order chi connectivity index (χ1) is 8.28. The normalized spacial score (nSPS) is 26.5. The van der Waals surface area contributed by atoms with E-state index in [1.807, 2.05) is 0 Å². The molecule has 1 aliphatic rings. The van der Waals surface area contributed by atoms with E-state index >= 15 is 0 Å². The van der Waals surface area contributed by atoms with Crippen molar-refractivity contribution in [2.75, 3.05) is 32.7 Å². The van der Waals surface area contributed by atoms with Crippen molar-refractivity contribution in [1.29, 1.82) is 0 Å². The molecule has 0 saturated carbocycles. The number of nitrogens with one attached hydrogen (secondary N) is 1. The molecule has 3 heteroatoms. The van der Waals surface area contributed by atoms with E-state index in [-0.39, 0.29) is 5.60 Å². The second-order valence-corrected chi connectivity index (χ2v) is 7.04. The number of morpholine rings is 1. The Morgan fingerprint density at radius 2 is 1.94 bits per heavy atom. The van der Waals surface area contributed by atoms with Gasteiger partial charge in [-0.3, -0.25) is 4.90 Å². The third-order valence-electron chi connectivity index (χ3n) is 3.26. The fourth-order valence-electron chi connectivity index (χ4n) is 2.85. The third kappa shape index (κ3) is 6.17. The molecule has 0 aromatic rings. The Hall–Kier alpha value is -0.120. The Bertz CT molecular complexity index is 241. The summed E-state index contributed by atoms with van der Waals surface area (Å²) < 4.78 is 5.94. The lowest BCUT2D eigenvalue weighted by atomic mass is 10.0. The molecule has 1 fully saturated rings. The fourth-order valence-corrected chi connectivity index (χ4v) is 2.85. The van der Waals surface area contributed by atoms with Gasteiger partial charge in [0, 0.05) is 19.6 Å². The molecule has 0 aromatic carbocycles. The van der Waals surface area contributed by atoms with Crippen molar-refractivity contribution in [3.63, 3.8) is 0 Å². The summed E-state index contributed by atoms with van der Waals surface area (Å²) in [6.07, 6.45) is 0.351. The number of hydrogen-bond donors (Lipinski definition) is 1. The highest BCUT2D eigenvalue weighted by molar-refractivity contribution is 4.83. The van der Waals surface area contributed by atoms with Crippen LogP contribution >= 0.6 is 0 Å².